The van der Waals surface area contributed by atoms with Crippen LogP contribution in [0.4, 0.5) is 0 Å². The van der Waals surface area contributed by atoms with Crippen LogP contribution in [0.3, 0.4) is 0 Å². The van der Waals surface area contributed by atoms with Crippen LogP contribution >= 0.6 is 0 Å². The third-order valence-electron chi connectivity index (χ3n) is 2.43. The van der Waals surface area contributed by atoms with Gasteiger partial charge < -0.3 is 10.5 Å². The van der Waals surface area contributed by atoms with Crippen molar-refractivity contribution in [3.63, 3.8) is 0 Å². The van der Waals surface area contributed by atoms with Crippen molar-refractivity contribution >= 4 is 0 Å². The van der Waals surface area contributed by atoms with E-state index in [-0.39, 0.29) is 12.1 Å². The second-order valence-corrected chi connectivity index (χ2v) is 3.59. The van der Waals surface area contributed by atoms with Crippen molar-refractivity contribution < 1.29 is 4.74 Å². The molecule has 3 nitrogen and oxygen atoms in total. The average molecular weight is 208 g/mol. The van der Waals surface area contributed by atoms with Crippen LogP contribution in [0.1, 0.15) is 26.0 Å². The van der Waals surface area contributed by atoms with Gasteiger partial charge in [0.1, 0.15) is 0 Å². The number of pyridine rings is 1. The van der Waals surface area contributed by atoms with Gasteiger partial charge in [-0.3, -0.25) is 4.98 Å². The molecule has 0 spiro atoms. The number of rotatable bonds is 6. The van der Waals surface area contributed by atoms with Crippen LogP contribution in [0.2, 0.25) is 0 Å². The van der Waals surface area contributed by atoms with Crippen molar-refractivity contribution in [2.45, 2.75) is 38.8 Å². The Bertz CT molecular complexity index is 264. The van der Waals surface area contributed by atoms with Gasteiger partial charge in [0.05, 0.1) is 6.10 Å². The summed E-state index contributed by atoms with van der Waals surface area (Å²) in [6, 6.07) is 5.93. The Morgan fingerprint density at radius 2 is 2.20 bits per heavy atom. The first kappa shape index (κ1) is 12.1. The van der Waals surface area contributed by atoms with Crippen molar-refractivity contribution in [1.82, 2.24) is 4.98 Å². The summed E-state index contributed by atoms with van der Waals surface area (Å²) in [4.78, 5) is 4.26. The van der Waals surface area contributed by atoms with Crippen LogP contribution in [0, 0.1) is 0 Å². The predicted molar refractivity (Wildman–Crippen MR) is 61.6 cm³/mol. The number of nitrogens with two attached hydrogens (primary N) is 1. The summed E-state index contributed by atoms with van der Waals surface area (Å²) >= 11 is 0. The van der Waals surface area contributed by atoms with E-state index in [1.807, 2.05) is 25.1 Å². The van der Waals surface area contributed by atoms with Gasteiger partial charge in [-0.1, -0.05) is 13.0 Å². The van der Waals surface area contributed by atoms with E-state index in [0.29, 0.717) is 6.61 Å². The van der Waals surface area contributed by atoms with E-state index < -0.39 is 0 Å². The van der Waals surface area contributed by atoms with Gasteiger partial charge in [0.15, 0.2) is 0 Å². The Balaban J connectivity index is 2.50. The third-order valence-corrected chi connectivity index (χ3v) is 2.43. The second kappa shape index (κ2) is 6.53. The van der Waals surface area contributed by atoms with Crippen molar-refractivity contribution in [3.8, 4) is 0 Å². The van der Waals surface area contributed by atoms with Gasteiger partial charge in [0.25, 0.3) is 0 Å². The van der Waals surface area contributed by atoms with E-state index in [1.165, 1.54) is 0 Å². The van der Waals surface area contributed by atoms with Gasteiger partial charge in [-0.25, -0.2) is 0 Å². The van der Waals surface area contributed by atoms with Crippen molar-refractivity contribution in [2.24, 2.45) is 5.73 Å². The molecule has 2 N–H and O–H groups in total. The monoisotopic (exact) mass is 208 g/mol. The predicted octanol–water partition coefficient (Wildman–Crippen LogP) is 1.77. The molecule has 3 heteroatoms. The molecule has 0 aliphatic carbocycles. The van der Waals surface area contributed by atoms with E-state index in [4.69, 9.17) is 10.5 Å². The topological polar surface area (TPSA) is 48.1 Å². The Morgan fingerprint density at radius 3 is 2.73 bits per heavy atom. The zero-order valence-corrected chi connectivity index (χ0v) is 9.52. The molecule has 1 aromatic rings. The highest BCUT2D eigenvalue weighted by molar-refractivity contribution is 5.05. The fraction of sp³-hybridized carbons (Fsp3) is 0.583. The lowest BCUT2D eigenvalue weighted by Crippen LogP contribution is -2.38. The number of nitrogens with zero attached hydrogens (tertiary/aromatic N) is 1. The molecule has 2 atom stereocenters. The third kappa shape index (κ3) is 3.98. The van der Waals surface area contributed by atoms with Crippen molar-refractivity contribution in [1.29, 1.82) is 0 Å². The quantitative estimate of drug-likeness (QED) is 0.775. The number of hydrogen-bond donors (Lipinski definition) is 1. The summed E-state index contributed by atoms with van der Waals surface area (Å²) in [6.45, 7) is 4.81. The molecule has 84 valence electrons. The summed E-state index contributed by atoms with van der Waals surface area (Å²) in [5.41, 5.74) is 7.11. The molecular formula is C12H20N2O. The van der Waals surface area contributed by atoms with E-state index in [2.05, 4.69) is 11.9 Å². The molecule has 0 radical (unpaired) electrons. The van der Waals surface area contributed by atoms with Gasteiger partial charge in [-0.15, -0.1) is 0 Å². The minimum absolute atomic E-state index is 0.0323. The highest BCUT2D eigenvalue weighted by Gasteiger charge is 2.16. The smallest absolute Gasteiger partial charge is 0.0727 e. The Kier molecular flexibility index (Phi) is 5.29. The SMILES string of the molecule is CCOC(CC)C(N)Cc1ccccn1. The summed E-state index contributed by atoms with van der Waals surface area (Å²) in [7, 11) is 0. The minimum Gasteiger partial charge on any atom is -0.377 e. The molecule has 2 unspecified atom stereocenters. The molecule has 1 aromatic heterocycles. The van der Waals surface area contributed by atoms with Gasteiger partial charge in [0, 0.05) is 31.0 Å². The zero-order valence-electron chi connectivity index (χ0n) is 9.52. The molecule has 0 saturated heterocycles. The molecule has 0 aromatic carbocycles. The largest absolute Gasteiger partial charge is 0.377 e. The van der Waals surface area contributed by atoms with E-state index in [9.17, 15) is 0 Å². The van der Waals surface area contributed by atoms with Crippen molar-refractivity contribution in [2.75, 3.05) is 6.61 Å². The molecule has 0 aliphatic heterocycles. The molecule has 15 heavy (non-hydrogen) atoms. The Labute approximate surface area is 91.7 Å². The average Bonchev–Trinajstić information content (AvgIpc) is 2.27. The molecular weight excluding hydrogens is 188 g/mol. The second-order valence-electron chi connectivity index (χ2n) is 3.59. The van der Waals surface area contributed by atoms with E-state index in [1.54, 1.807) is 6.20 Å². The lowest BCUT2D eigenvalue weighted by atomic mass is 10.0. The zero-order chi connectivity index (χ0) is 11.1. The van der Waals surface area contributed by atoms with Gasteiger partial charge in [-0.2, -0.15) is 0 Å². The van der Waals surface area contributed by atoms with E-state index in [0.717, 1.165) is 18.5 Å². The van der Waals surface area contributed by atoms with Crippen LogP contribution in [0.5, 0.6) is 0 Å². The molecule has 0 fully saturated rings. The number of ether oxygens (including phenoxy) is 1. The van der Waals surface area contributed by atoms with Crippen LogP contribution < -0.4 is 5.73 Å². The summed E-state index contributed by atoms with van der Waals surface area (Å²) in [5, 5.41) is 0. The molecule has 0 saturated carbocycles. The fourth-order valence-corrected chi connectivity index (χ4v) is 1.65. The first-order chi connectivity index (χ1) is 7.27. The lowest BCUT2D eigenvalue weighted by molar-refractivity contribution is 0.0415. The Morgan fingerprint density at radius 1 is 1.40 bits per heavy atom. The normalized spacial score (nSPS) is 14.9. The lowest BCUT2D eigenvalue weighted by Gasteiger charge is -2.22. The first-order valence-electron chi connectivity index (χ1n) is 5.55. The van der Waals surface area contributed by atoms with E-state index >= 15 is 0 Å². The number of hydrogen-bond acceptors (Lipinski definition) is 3. The maximum absolute atomic E-state index is 6.08. The van der Waals surface area contributed by atoms with Gasteiger partial charge in [0.2, 0.25) is 0 Å². The maximum Gasteiger partial charge on any atom is 0.0727 e. The summed E-state index contributed by atoms with van der Waals surface area (Å²) in [5.74, 6) is 0. The summed E-state index contributed by atoms with van der Waals surface area (Å²) in [6.07, 6.45) is 3.65. The van der Waals surface area contributed by atoms with Crippen LogP contribution in [-0.4, -0.2) is 23.7 Å². The highest BCUT2D eigenvalue weighted by atomic mass is 16.5. The van der Waals surface area contributed by atoms with Gasteiger partial charge in [-0.05, 0) is 25.5 Å². The fourth-order valence-electron chi connectivity index (χ4n) is 1.65. The standard InChI is InChI=1S/C12H20N2O/c1-3-12(15-4-2)11(13)9-10-7-5-6-8-14-10/h5-8,11-12H,3-4,9,13H2,1-2H3. The molecule has 0 amide bonds. The van der Waals surface area contributed by atoms with Crippen molar-refractivity contribution in [3.05, 3.63) is 30.1 Å². The van der Waals surface area contributed by atoms with Crippen LogP contribution in [0.25, 0.3) is 0 Å². The van der Waals surface area contributed by atoms with Gasteiger partial charge >= 0.3 is 0 Å². The maximum atomic E-state index is 6.08. The minimum atomic E-state index is 0.0323. The molecule has 1 heterocycles. The van der Waals surface area contributed by atoms with Crippen LogP contribution in [-0.2, 0) is 11.2 Å². The molecule has 0 bridgehead atoms. The Hall–Kier alpha value is -0.930. The van der Waals surface area contributed by atoms with Crippen LogP contribution in [0.15, 0.2) is 24.4 Å². The highest BCUT2D eigenvalue weighted by Crippen LogP contribution is 2.07. The first-order valence-corrected chi connectivity index (χ1v) is 5.55. The summed E-state index contributed by atoms with van der Waals surface area (Å²) < 4.78 is 5.57. The number of aromatic nitrogens is 1. The molecule has 0 aliphatic rings. The molecule has 1 rings (SSSR count).